The molecule has 0 bridgehead atoms. The second-order valence-electron chi connectivity index (χ2n) is 17.7. The first-order valence-electron chi connectivity index (χ1n) is 21.6. The zero-order valence-electron chi connectivity index (χ0n) is 36.0. The van der Waals surface area contributed by atoms with Crippen LogP contribution >= 0.6 is 11.6 Å². The van der Waals surface area contributed by atoms with E-state index in [2.05, 4.69) is 56.0 Å². The Kier molecular flexibility index (Phi) is 13.5. The number of benzene rings is 4. The number of nitro benzene ring substituents is 1. The Hall–Kier alpha value is -5.32. The summed E-state index contributed by atoms with van der Waals surface area (Å²) in [5, 5.41) is 23.7. The van der Waals surface area contributed by atoms with Crippen LogP contribution in [0.3, 0.4) is 0 Å². The van der Waals surface area contributed by atoms with E-state index >= 15 is 0 Å². The van der Waals surface area contributed by atoms with Crippen LogP contribution in [0.15, 0.2) is 89.3 Å². The lowest BCUT2D eigenvalue weighted by Crippen LogP contribution is -2.47. The Balaban J connectivity index is 0.990. The van der Waals surface area contributed by atoms with Gasteiger partial charge in [-0.2, -0.15) is 9.82 Å². The summed E-state index contributed by atoms with van der Waals surface area (Å²) in [5.74, 6) is 0.546. The highest BCUT2D eigenvalue weighted by Crippen LogP contribution is 2.44. The minimum absolute atomic E-state index is 0.0853. The van der Waals surface area contributed by atoms with Crippen molar-refractivity contribution in [1.29, 1.82) is 0 Å². The number of nitrogen functional groups attached to an aromatic ring is 1. The number of aromatic nitrogens is 2. The van der Waals surface area contributed by atoms with E-state index in [0.29, 0.717) is 34.8 Å². The SMILES string of the molecule is COC1CCC(CNc2ccc([S+]([O-])NC(=O)c3ccc(N4CCN(CC5=C(c6ccc(Cl)cc6)CC(C)(C)CC5)CC4)cc3Oc3cccc4[nH]nc(N)c34)cc2[N+](=O)[O-])CC1. The number of methoxy groups -OCH3 is 1. The largest absolute Gasteiger partial charge is 0.588 e. The van der Waals surface area contributed by atoms with Crippen molar-refractivity contribution >= 4 is 68.2 Å². The summed E-state index contributed by atoms with van der Waals surface area (Å²) < 4.78 is 28.2. The van der Waals surface area contributed by atoms with Gasteiger partial charge in [0.15, 0.2) is 10.7 Å². The van der Waals surface area contributed by atoms with Gasteiger partial charge in [0.25, 0.3) is 11.6 Å². The van der Waals surface area contributed by atoms with Gasteiger partial charge in [-0.15, -0.1) is 0 Å². The normalized spacial score (nSPS) is 19.8. The second kappa shape index (κ2) is 19.2. The number of carbonyl (C=O) groups excluding carboxylic acids is 1. The van der Waals surface area contributed by atoms with Gasteiger partial charge in [0.05, 0.1) is 33.6 Å². The number of carbonyl (C=O) groups is 1. The van der Waals surface area contributed by atoms with Crippen LogP contribution < -0.4 is 25.4 Å². The molecule has 1 atom stereocenters. The van der Waals surface area contributed by atoms with E-state index in [1.54, 1.807) is 31.4 Å². The van der Waals surface area contributed by atoms with Gasteiger partial charge in [-0.25, -0.2) is 0 Å². The number of aromatic amines is 1. The quantitative estimate of drug-likeness (QED) is 0.0473. The molecule has 2 heterocycles. The van der Waals surface area contributed by atoms with Crippen molar-refractivity contribution in [3.05, 3.63) is 111 Å². The van der Waals surface area contributed by atoms with Gasteiger partial charge in [0.2, 0.25) is 0 Å². The van der Waals surface area contributed by atoms with Gasteiger partial charge in [-0.1, -0.05) is 49.2 Å². The molecule has 63 heavy (non-hydrogen) atoms. The van der Waals surface area contributed by atoms with Gasteiger partial charge in [-0.3, -0.25) is 24.9 Å². The molecule has 1 aliphatic heterocycles. The molecule has 1 aromatic heterocycles. The van der Waals surface area contributed by atoms with Gasteiger partial charge in [0.1, 0.15) is 28.5 Å². The van der Waals surface area contributed by atoms with Crippen molar-refractivity contribution in [3.8, 4) is 11.5 Å². The highest BCUT2D eigenvalue weighted by atomic mass is 35.5. The summed E-state index contributed by atoms with van der Waals surface area (Å²) in [6.45, 7) is 9.37. The summed E-state index contributed by atoms with van der Waals surface area (Å²) >= 11 is 4.12. The van der Waals surface area contributed by atoms with Gasteiger partial charge in [-0.05, 0) is 116 Å². The van der Waals surface area contributed by atoms with Crippen LogP contribution in [0.25, 0.3) is 16.5 Å². The van der Waals surface area contributed by atoms with Crippen molar-refractivity contribution in [1.82, 2.24) is 19.8 Å². The molecule has 1 saturated heterocycles. The minimum atomic E-state index is -2.14. The fourth-order valence-corrected chi connectivity index (χ4v) is 10.0. The molecule has 4 aromatic carbocycles. The number of anilines is 3. The van der Waals surface area contributed by atoms with Crippen molar-refractivity contribution in [2.75, 3.05) is 62.3 Å². The van der Waals surface area contributed by atoms with Crippen LogP contribution in [0.2, 0.25) is 5.02 Å². The van der Waals surface area contributed by atoms with Crippen LogP contribution in [0.1, 0.15) is 74.7 Å². The smallest absolute Gasteiger partial charge is 0.297 e. The maximum Gasteiger partial charge on any atom is 0.297 e. The third-order valence-corrected chi connectivity index (χ3v) is 14.1. The monoisotopic (exact) mass is 894 g/mol. The second-order valence-corrected chi connectivity index (χ2v) is 19.3. The number of H-pyrrole nitrogens is 1. The van der Waals surface area contributed by atoms with E-state index in [1.165, 1.54) is 28.8 Å². The van der Waals surface area contributed by atoms with Crippen molar-refractivity contribution in [2.45, 2.75) is 69.8 Å². The number of allylic oxidation sites excluding steroid dienone is 1. The molecule has 8 rings (SSSR count). The zero-order chi connectivity index (χ0) is 44.3. The average molecular weight is 896 g/mol. The number of nitrogens with two attached hydrogens (primary N) is 1. The lowest BCUT2D eigenvalue weighted by atomic mass is 9.72. The lowest BCUT2D eigenvalue weighted by Gasteiger charge is -2.39. The molecule has 14 nitrogen and oxygen atoms in total. The Bertz CT molecular complexity index is 2480. The summed E-state index contributed by atoms with van der Waals surface area (Å²) in [5.41, 5.74) is 12.4. The Morgan fingerprint density at radius 3 is 2.51 bits per heavy atom. The van der Waals surface area contributed by atoms with Crippen molar-refractivity contribution in [3.63, 3.8) is 0 Å². The lowest BCUT2D eigenvalue weighted by molar-refractivity contribution is -0.384. The number of ether oxygens (including phenoxy) is 2. The molecule has 2 aliphatic carbocycles. The molecule has 3 aliphatic rings. The topological polar surface area (TPSA) is 187 Å². The first-order chi connectivity index (χ1) is 30.3. The summed E-state index contributed by atoms with van der Waals surface area (Å²) in [4.78, 5) is 30.6. The average Bonchev–Trinajstić information content (AvgIpc) is 3.67. The Morgan fingerprint density at radius 1 is 1.02 bits per heavy atom. The predicted octanol–water partition coefficient (Wildman–Crippen LogP) is 9.35. The fourth-order valence-electron chi connectivity index (χ4n) is 9.10. The molecule has 5 aromatic rings. The molecule has 1 amide bonds. The van der Waals surface area contributed by atoms with Gasteiger partial charge < -0.3 is 30.0 Å². The molecular weight excluding hydrogens is 840 g/mol. The molecule has 332 valence electrons. The zero-order valence-corrected chi connectivity index (χ0v) is 37.5. The Labute approximate surface area is 376 Å². The third kappa shape index (κ3) is 10.4. The fraction of sp³-hybridized carbons (Fsp3) is 0.404. The van der Waals surface area contributed by atoms with Crippen molar-refractivity contribution < 1.29 is 23.7 Å². The number of hydrogen-bond acceptors (Lipinski definition) is 11. The number of amides is 1. The maximum absolute atomic E-state index is 14.0. The first kappa shape index (κ1) is 44.3. The summed E-state index contributed by atoms with van der Waals surface area (Å²) in [6.07, 6.45) is 7.32. The van der Waals surface area contributed by atoms with Crippen LogP contribution in [-0.4, -0.2) is 83.0 Å². The molecule has 0 spiro atoms. The predicted molar refractivity (Wildman–Crippen MR) is 250 cm³/mol. The molecule has 1 unspecified atom stereocenters. The minimum Gasteiger partial charge on any atom is -0.588 e. The summed E-state index contributed by atoms with van der Waals surface area (Å²) in [7, 11) is 1.72. The first-order valence-corrected chi connectivity index (χ1v) is 23.1. The molecule has 1 saturated carbocycles. The van der Waals surface area contributed by atoms with E-state index in [4.69, 9.17) is 26.8 Å². The van der Waals surface area contributed by atoms with Crippen molar-refractivity contribution in [2.24, 2.45) is 11.3 Å². The van der Waals surface area contributed by atoms with E-state index in [-0.39, 0.29) is 39.2 Å². The van der Waals surface area contributed by atoms with Gasteiger partial charge >= 0.3 is 0 Å². The van der Waals surface area contributed by atoms with E-state index in [9.17, 15) is 19.5 Å². The number of nitrogens with one attached hydrogen (secondary N) is 3. The van der Waals surface area contributed by atoms with Gasteiger partial charge in [0, 0.05) is 63.2 Å². The highest BCUT2D eigenvalue weighted by Gasteiger charge is 2.31. The van der Waals surface area contributed by atoms with Crippen LogP contribution in [0, 0.1) is 21.4 Å². The van der Waals surface area contributed by atoms with Crippen LogP contribution in [-0.2, 0) is 16.1 Å². The number of halogens is 1. The number of nitrogens with zero attached hydrogens (tertiary/aromatic N) is 4. The number of fused-ring (bicyclic) bond motifs is 1. The van der Waals surface area contributed by atoms with E-state index in [0.717, 1.165) is 88.4 Å². The number of nitro groups is 1. The highest BCUT2D eigenvalue weighted by molar-refractivity contribution is 7.90. The number of rotatable bonds is 14. The third-order valence-electron chi connectivity index (χ3n) is 12.8. The molecule has 5 N–H and O–H groups in total. The molecule has 2 fully saturated rings. The number of piperazine rings is 1. The van der Waals surface area contributed by atoms with Crippen LogP contribution in [0.4, 0.5) is 22.9 Å². The molecular formula is C47H55ClN8O6S. The standard InChI is InChI=1S/C47H55ClN8O6S/c1-47(2)20-19-32(38(27-47)31-9-11-33(48)12-10-31)29-54-21-23-55(24-22-54)34-13-17-37(43(25-34)62-42-6-4-5-40-44(42)45(49)52-51-40)46(57)53-63(60)36-16-18-39(41(26-36)56(58)59)50-28-30-7-14-35(61-3)15-8-30/h4-6,9-13,16-18,25-26,30,35,50H,7-8,14-15,19-24,27-29H2,1-3H3,(H,53,57)(H3,49,51,52). The Morgan fingerprint density at radius 2 is 1.78 bits per heavy atom. The van der Waals surface area contributed by atoms with E-state index in [1.807, 2.05) is 30.3 Å². The summed E-state index contributed by atoms with van der Waals surface area (Å²) in [6, 6.07) is 23.2. The van der Waals surface area contributed by atoms with E-state index < -0.39 is 22.2 Å². The molecule has 0 radical (unpaired) electrons. The maximum atomic E-state index is 14.0. The molecule has 16 heteroatoms. The number of hydrogen-bond donors (Lipinski definition) is 4. The van der Waals surface area contributed by atoms with Crippen LogP contribution in [0.5, 0.6) is 11.5 Å².